The number of amides is 1. The van der Waals surface area contributed by atoms with Crippen LogP contribution in [-0.4, -0.2) is 5.91 Å². The highest BCUT2D eigenvalue weighted by Gasteiger charge is 2.09. The van der Waals surface area contributed by atoms with E-state index < -0.39 is 0 Å². The van der Waals surface area contributed by atoms with Crippen molar-refractivity contribution >= 4 is 11.6 Å². The number of anilines is 1. The van der Waals surface area contributed by atoms with Gasteiger partial charge in [-0.05, 0) is 35.2 Å². The Kier molecular flexibility index (Phi) is 4.51. The van der Waals surface area contributed by atoms with E-state index in [4.69, 9.17) is 0 Å². The quantitative estimate of drug-likeness (QED) is 0.890. The van der Waals surface area contributed by atoms with Gasteiger partial charge in [0.25, 0.3) is 0 Å². The molecule has 20 heavy (non-hydrogen) atoms. The first-order valence-electron chi connectivity index (χ1n) is 6.69. The minimum Gasteiger partial charge on any atom is -0.326 e. The monoisotopic (exact) mass is 271 g/mol. The molecule has 0 atom stereocenters. The van der Waals surface area contributed by atoms with Gasteiger partial charge in [-0.15, -0.1) is 0 Å². The van der Waals surface area contributed by atoms with Gasteiger partial charge in [0, 0.05) is 5.69 Å². The Morgan fingerprint density at radius 1 is 1.15 bits per heavy atom. The SMILES string of the molecule is CC(C)c1ccccc1NC(=O)Cc1cccc(F)c1. The summed E-state index contributed by atoms with van der Waals surface area (Å²) in [6.45, 7) is 4.16. The molecule has 0 fully saturated rings. The molecule has 2 rings (SSSR count). The summed E-state index contributed by atoms with van der Waals surface area (Å²) in [6, 6.07) is 13.9. The van der Waals surface area contributed by atoms with Crippen molar-refractivity contribution in [2.24, 2.45) is 0 Å². The number of benzene rings is 2. The second-order valence-electron chi connectivity index (χ2n) is 5.10. The van der Waals surface area contributed by atoms with Gasteiger partial charge in [0.15, 0.2) is 0 Å². The van der Waals surface area contributed by atoms with Crippen LogP contribution in [0, 0.1) is 5.82 Å². The minimum absolute atomic E-state index is 0.135. The number of carbonyl (C=O) groups excluding carboxylic acids is 1. The van der Waals surface area contributed by atoms with Gasteiger partial charge in [-0.2, -0.15) is 0 Å². The van der Waals surface area contributed by atoms with E-state index in [2.05, 4.69) is 19.2 Å². The van der Waals surface area contributed by atoms with Crippen molar-refractivity contribution in [3.05, 3.63) is 65.5 Å². The van der Waals surface area contributed by atoms with E-state index in [0.717, 1.165) is 11.3 Å². The normalized spacial score (nSPS) is 10.6. The molecule has 0 spiro atoms. The number of nitrogens with one attached hydrogen (secondary N) is 1. The lowest BCUT2D eigenvalue weighted by molar-refractivity contribution is -0.115. The van der Waals surface area contributed by atoms with Crippen LogP contribution in [0.4, 0.5) is 10.1 Å². The number of hydrogen-bond donors (Lipinski definition) is 1. The summed E-state index contributed by atoms with van der Waals surface area (Å²) < 4.78 is 13.1. The molecule has 0 heterocycles. The average molecular weight is 271 g/mol. The zero-order valence-electron chi connectivity index (χ0n) is 11.7. The minimum atomic E-state index is -0.321. The summed E-state index contributed by atoms with van der Waals surface area (Å²) in [4.78, 5) is 12.0. The standard InChI is InChI=1S/C17H18FNO/c1-12(2)15-8-3-4-9-16(15)19-17(20)11-13-6-5-7-14(18)10-13/h3-10,12H,11H2,1-2H3,(H,19,20). The summed E-state index contributed by atoms with van der Waals surface area (Å²) in [5.41, 5.74) is 2.59. The van der Waals surface area contributed by atoms with Gasteiger partial charge in [-0.25, -0.2) is 4.39 Å². The Labute approximate surface area is 118 Å². The van der Waals surface area contributed by atoms with E-state index >= 15 is 0 Å². The third-order valence-electron chi connectivity index (χ3n) is 3.11. The van der Waals surface area contributed by atoms with Gasteiger partial charge in [-0.3, -0.25) is 4.79 Å². The van der Waals surface area contributed by atoms with Gasteiger partial charge in [-0.1, -0.05) is 44.2 Å². The molecular weight excluding hydrogens is 253 g/mol. The smallest absolute Gasteiger partial charge is 0.228 e. The first-order chi connectivity index (χ1) is 9.56. The highest BCUT2D eigenvalue weighted by atomic mass is 19.1. The molecule has 2 aromatic carbocycles. The summed E-state index contributed by atoms with van der Waals surface area (Å²) in [5.74, 6) is -0.123. The van der Waals surface area contributed by atoms with E-state index in [1.165, 1.54) is 12.1 Å². The third-order valence-corrected chi connectivity index (χ3v) is 3.11. The maximum Gasteiger partial charge on any atom is 0.228 e. The maximum atomic E-state index is 13.1. The fraction of sp³-hybridized carbons (Fsp3) is 0.235. The molecule has 2 nitrogen and oxygen atoms in total. The van der Waals surface area contributed by atoms with Crippen LogP contribution in [0.2, 0.25) is 0 Å². The lowest BCUT2D eigenvalue weighted by Gasteiger charge is -2.13. The van der Waals surface area contributed by atoms with Crippen molar-refractivity contribution in [3.8, 4) is 0 Å². The number of carbonyl (C=O) groups is 1. The van der Waals surface area contributed by atoms with Crippen molar-refractivity contribution in [2.45, 2.75) is 26.2 Å². The predicted molar refractivity (Wildman–Crippen MR) is 79.3 cm³/mol. The number of rotatable bonds is 4. The summed E-state index contributed by atoms with van der Waals surface area (Å²) in [5, 5.41) is 2.90. The Morgan fingerprint density at radius 3 is 2.60 bits per heavy atom. The van der Waals surface area contributed by atoms with Crippen LogP contribution in [0.3, 0.4) is 0 Å². The van der Waals surface area contributed by atoms with Crippen molar-refractivity contribution < 1.29 is 9.18 Å². The average Bonchev–Trinajstić information content (AvgIpc) is 2.38. The Morgan fingerprint density at radius 2 is 1.90 bits per heavy atom. The maximum absolute atomic E-state index is 13.1. The fourth-order valence-corrected chi connectivity index (χ4v) is 2.14. The van der Waals surface area contributed by atoms with Crippen LogP contribution in [0.5, 0.6) is 0 Å². The van der Waals surface area contributed by atoms with Crippen LogP contribution in [0.1, 0.15) is 30.9 Å². The number of halogens is 1. The molecule has 2 aromatic rings. The number of hydrogen-bond acceptors (Lipinski definition) is 1. The third kappa shape index (κ3) is 3.67. The molecule has 104 valence electrons. The van der Waals surface area contributed by atoms with Crippen LogP contribution in [0.25, 0.3) is 0 Å². The number of para-hydroxylation sites is 1. The molecule has 0 aliphatic heterocycles. The first-order valence-corrected chi connectivity index (χ1v) is 6.69. The van der Waals surface area contributed by atoms with Gasteiger partial charge in [0.2, 0.25) is 5.91 Å². The molecule has 0 aliphatic carbocycles. The molecule has 1 amide bonds. The molecule has 0 radical (unpaired) electrons. The molecule has 0 saturated carbocycles. The van der Waals surface area contributed by atoms with E-state index in [1.807, 2.05) is 24.3 Å². The zero-order chi connectivity index (χ0) is 14.5. The lowest BCUT2D eigenvalue weighted by atomic mass is 10.0. The second kappa shape index (κ2) is 6.33. The molecular formula is C17H18FNO. The molecule has 3 heteroatoms. The van der Waals surface area contributed by atoms with Crippen molar-refractivity contribution in [1.29, 1.82) is 0 Å². The van der Waals surface area contributed by atoms with Crippen molar-refractivity contribution in [1.82, 2.24) is 0 Å². The van der Waals surface area contributed by atoms with E-state index in [1.54, 1.807) is 12.1 Å². The van der Waals surface area contributed by atoms with E-state index in [-0.39, 0.29) is 18.1 Å². The molecule has 0 unspecified atom stereocenters. The zero-order valence-corrected chi connectivity index (χ0v) is 11.7. The van der Waals surface area contributed by atoms with Gasteiger partial charge in [0.05, 0.1) is 6.42 Å². The molecule has 0 aliphatic rings. The summed E-state index contributed by atoms with van der Waals surface area (Å²) >= 11 is 0. The van der Waals surface area contributed by atoms with E-state index in [0.29, 0.717) is 11.5 Å². The highest BCUT2D eigenvalue weighted by molar-refractivity contribution is 5.93. The summed E-state index contributed by atoms with van der Waals surface area (Å²) in [6.07, 6.45) is 0.171. The molecule has 0 bridgehead atoms. The van der Waals surface area contributed by atoms with Crippen molar-refractivity contribution in [2.75, 3.05) is 5.32 Å². The van der Waals surface area contributed by atoms with Crippen LogP contribution in [0.15, 0.2) is 48.5 Å². The van der Waals surface area contributed by atoms with Gasteiger partial charge < -0.3 is 5.32 Å². The van der Waals surface area contributed by atoms with E-state index in [9.17, 15) is 9.18 Å². The highest BCUT2D eigenvalue weighted by Crippen LogP contribution is 2.23. The Bertz CT molecular complexity index is 607. The Balaban J connectivity index is 2.09. The topological polar surface area (TPSA) is 29.1 Å². The van der Waals surface area contributed by atoms with Crippen LogP contribution in [-0.2, 0) is 11.2 Å². The fourth-order valence-electron chi connectivity index (χ4n) is 2.14. The largest absolute Gasteiger partial charge is 0.326 e. The first kappa shape index (κ1) is 14.3. The van der Waals surface area contributed by atoms with Crippen molar-refractivity contribution in [3.63, 3.8) is 0 Å². The van der Waals surface area contributed by atoms with Crippen LogP contribution < -0.4 is 5.32 Å². The molecule has 0 saturated heterocycles. The van der Waals surface area contributed by atoms with Gasteiger partial charge in [0.1, 0.15) is 5.82 Å². The molecule has 1 N–H and O–H groups in total. The van der Waals surface area contributed by atoms with Crippen LogP contribution >= 0.6 is 0 Å². The lowest BCUT2D eigenvalue weighted by Crippen LogP contribution is -2.16. The molecule has 0 aromatic heterocycles. The summed E-state index contributed by atoms with van der Waals surface area (Å²) in [7, 11) is 0. The van der Waals surface area contributed by atoms with Gasteiger partial charge >= 0.3 is 0 Å². The predicted octanol–water partition coefficient (Wildman–Crippen LogP) is 4.13. The second-order valence-corrected chi connectivity index (χ2v) is 5.10. The Hall–Kier alpha value is -2.16.